The first-order valence-electron chi connectivity index (χ1n) is 6.10. The molecule has 2 N–H and O–H groups in total. The van der Waals surface area contributed by atoms with Gasteiger partial charge in [0.15, 0.2) is 0 Å². The lowest BCUT2D eigenvalue weighted by molar-refractivity contribution is -0.137. The SMILES string of the molecule is CC(C)(CNCCCCC(=O)O)c1ccc(Br)s1. The molecule has 0 saturated heterocycles. The number of thiophene rings is 1. The lowest BCUT2D eigenvalue weighted by Crippen LogP contribution is -2.32. The van der Waals surface area contributed by atoms with E-state index in [4.69, 9.17) is 5.11 Å². The van der Waals surface area contributed by atoms with E-state index in [1.165, 1.54) is 4.88 Å². The predicted octanol–water partition coefficient (Wildman–Crippen LogP) is 3.63. The monoisotopic (exact) mass is 333 g/mol. The van der Waals surface area contributed by atoms with Crippen LogP contribution in [-0.2, 0) is 10.2 Å². The van der Waals surface area contributed by atoms with Gasteiger partial charge in [-0.2, -0.15) is 0 Å². The Bertz CT molecular complexity index is 390. The highest BCUT2D eigenvalue weighted by atomic mass is 79.9. The van der Waals surface area contributed by atoms with Crippen molar-refractivity contribution in [3.63, 3.8) is 0 Å². The fourth-order valence-corrected chi connectivity index (χ4v) is 3.18. The van der Waals surface area contributed by atoms with Crippen LogP contribution in [0, 0.1) is 0 Å². The van der Waals surface area contributed by atoms with Crippen LogP contribution < -0.4 is 5.32 Å². The highest BCUT2D eigenvalue weighted by Gasteiger charge is 2.21. The van der Waals surface area contributed by atoms with Crippen LogP contribution in [0.1, 0.15) is 38.0 Å². The van der Waals surface area contributed by atoms with Crippen molar-refractivity contribution in [2.75, 3.05) is 13.1 Å². The molecule has 3 nitrogen and oxygen atoms in total. The predicted molar refractivity (Wildman–Crippen MR) is 79.4 cm³/mol. The molecule has 102 valence electrons. The first-order valence-corrected chi connectivity index (χ1v) is 7.71. The smallest absolute Gasteiger partial charge is 0.303 e. The summed E-state index contributed by atoms with van der Waals surface area (Å²) in [5, 5.41) is 11.9. The largest absolute Gasteiger partial charge is 0.481 e. The topological polar surface area (TPSA) is 49.3 Å². The van der Waals surface area contributed by atoms with Crippen LogP contribution in [0.25, 0.3) is 0 Å². The second kappa shape index (κ2) is 7.26. The third-order valence-corrected chi connectivity index (χ3v) is 4.79. The number of carboxylic acid groups (broad SMARTS) is 1. The van der Waals surface area contributed by atoms with Gasteiger partial charge in [0.1, 0.15) is 0 Å². The average Bonchev–Trinajstić information content (AvgIpc) is 2.70. The van der Waals surface area contributed by atoms with Crippen molar-refractivity contribution in [1.29, 1.82) is 0 Å². The van der Waals surface area contributed by atoms with E-state index in [1.807, 2.05) is 0 Å². The van der Waals surface area contributed by atoms with Crippen molar-refractivity contribution in [3.05, 3.63) is 20.8 Å². The summed E-state index contributed by atoms with van der Waals surface area (Å²) in [6.45, 7) is 6.22. The normalized spacial score (nSPS) is 11.7. The van der Waals surface area contributed by atoms with Gasteiger partial charge in [-0.15, -0.1) is 11.3 Å². The highest BCUT2D eigenvalue weighted by Crippen LogP contribution is 2.32. The maximum Gasteiger partial charge on any atom is 0.303 e. The number of unbranched alkanes of at least 4 members (excludes halogenated alkanes) is 1. The summed E-state index contributed by atoms with van der Waals surface area (Å²) >= 11 is 5.25. The van der Waals surface area contributed by atoms with Crippen LogP contribution in [0.15, 0.2) is 15.9 Å². The number of hydrogen-bond donors (Lipinski definition) is 2. The molecule has 0 aliphatic rings. The van der Waals surface area contributed by atoms with Gasteiger partial charge in [-0.05, 0) is 47.4 Å². The Morgan fingerprint density at radius 3 is 2.72 bits per heavy atom. The van der Waals surface area contributed by atoms with E-state index in [0.717, 1.165) is 29.7 Å². The van der Waals surface area contributed by atoms with E-state index < -0.39 is 5.97 Å². The minimum absolute atomic E-state index is 0.115. The zero-order valence-corrected chi connectivity index (χ0v) is 13.2. The Morgan fingerprint density at radius 2 is 2.17 bits per heavy atom. The molecule has 0 fully saturated rings. The van der Waals surface area contributed by atoms with Crippen LogP contribution in [0.5, 0.6) is 0 Å². The van der Waals surface area contributed by atoms with Crippen molar-refractivity contribution >= 4 is 33.2 Å². The Morgan fingerprint density at radius 1 is 1.44 bits per heavy atom. The minimum atomic E-state index is -0.709. The fourth-order valence-electron chi connectivity index (χ4n) is 1.69. The Balaban J connectivity index is 2.23. The lowest BCUT2D eigenvalue weighted by atomic mass is 9.91. The second-order valence-electron chi connectivity index (χ2n) is 5.02. The summed E-state index contributed by atoms with van der Waals surface area (Å²) in [7, 11) is 0. The summed E-state index contributed by atoms with van der Waals surface area (Å²) in [5.74, 6) is -0.709. The summed E-state index contributed by atoms with van der Waals surface area (Å²) in [6, 6.07) is 4.23. The number of carboxylic acids is 1. The summed E-state index contributed by atoms with van der Waals surface area (Å²) < 4.78 is 1.16. The van der Waals surface area contributed by atoms with Crippen LogP contribution in [0.4, 0.5) is 0 Å². The molecule has 0 spiro atoms. The Labute approximate surface area is 121 Å². The van der Waals surface area contributed by atoms with Gasteiger partial charge >= 0.3 is 5.97 Å². The molecule has 0 unspecified atom stereocenters. The van der Waals surface area contributed by atoms with Crippen LogP contribution in [0.3, 0.4) is 0 Å². The number of halogens is 1. The maximum atomic E-state index is 10.4. The standard InChI is InChI=1S/C13H20BrNO2S/c1-13(2,10-6-7-11(14)18-10)9-15-8-4-3-5-12(16)17/h6-7,15H,3-5,8-9H2,1-2H3,(H,16,17). The Hall–Kier alpha value is -0.390. The number of hydrogen-bond acceptors (Lipinski definition) is 3. The third-order valence-electron chi connectivity index (χ3n) is 2.80. The number of rotatable bonds is 8. The fraction of sp³-hybridized carbons (Fsp3) is 0.615. The van der Waals surface area contributed by atoms with Crippen molar-refractivity contribution in [2.24, 2.45) is 0 Å². The van der Waals surface area contributed by atoms with Crippen molar-refractivity contribution in [2.45, 2.75) is 38.5 Å². The number of carbonyl (C=O) groups is 1. The first-order chi connectivity index (χ1) is 8.42. The number of nitrogens with one attached hydrogen (secondary N) is 1. The van der Waals surface area contributed by atoms with Gasteiger partial charge in [-0.25, -0.2) is 0 Å². The second-order valence-corrected chi connectivity index (χ2v) is 7.48. The Kier molecular flexibility index (Phi) is 6.32. The zero-order chi connectivity index (χ0) is 13.6. The van der Waals surface area contributed by atoms with E-state index in [1.54, 1.807) is 11.3 Å². The maximum absolute atomic E-state index is 10.4. The molecule has 0 aliphatic heterocycles. The number of aliphatic carboxylic acids is 1. The first kappa shape index (κ1) is 15.7. The molecular formula is C13H20BrNO2S. The molecule has 0 amide bonds. The molecule has 1 aromatic rings. The summed E-state index contributed by atoms with van der Waals surface area (Å²) in [5.41, 5.74) is 0.115. The molecule has 1 heterocycles. The van der Waals surface area contributed by atoms with Gasteiger partial charge in [0.25, 0.3) is 0 Å². The molecule has 18 heavy (non-hydrogen) atoms. The van der Waals surface area contributed by atoms with Crippen molar-refractivity contribution in [3.8, 4) is 0 Å². The van der Waals surface area contributed by atoms with E-state index in [0.29, 0.717) is 0 Å². The molecule has 0 radical (unpaired) electrons. The molecule has 0 atom stereocenters. The highest BCUT2D eigenvalue weighted by molar-refractivity contribution is 9.11. The summed E-state index contributed by atoms with van der Waals surface area (Å²) in [4.78, 5) is 11.7. The summed E-state index contributed by atoms with van der Waals surface area (Å²) in [6.07, 6.45) is 1.92. The quantitative estimate of drug-likeness (QED) is 0.714. The van der Waals surface area contributed by atoms with Crippen LogP contribution >= 0.6 is 27.3 Å². The van der Waals surface area contributed by atoms with Gasteiger partial charge in [-0.3, -0.25) is 4.79 Å². The van der Waals surface area contributed by atoms with Crippen molar-refractivity contribution < 1.29 is 9.90 Å². The van der Waals surface area contributed by atoms with Gasteiger partial charge < -0.3 is 10.4 Å². The third kappa shape index (κ3) is 5.50. The van der Waals surface area contributed by atoms with Gasteiger partial charge in [0, 0.05) is 23.3 Å². The van der Waals surface area contributed by atoms with E-state index in [-0.39, 0.29) is 11.8 Å². The molecule has 0 aliphatic carbocycles. The molecule has 1 rings (SSSR count). The van der Waals surface area contributed by atoms with Crippen LogP contribution in [-0.4, -0.2) is 24.2 Å². The van der Waals surface area contributed by atoms with Crippen molar-refractivity contribution in [1.82, 2.24) is 5.32 Å². The van der Waals surface area contributed by atoms with E-state index >= 15 is 0 Å². The molecule has 0 saturated carbocycles. The molecular weight excluding hydrogens is 314 g/mol. The molecule has 5 heteroatoms. The van der Waals surface area contributed by atoms with Crippen LogP contribution in [0.2, 0.25) is 0 Å². The molecule has 1 aromatic heterocycles. The molecule has 0 aromatic carbocycles. The minimum Gasteiger partial charge on any atom is -0.481 e. The zero-order valence-electron chi connectivity index (χ0n) is 10.8. The average molecular weight is 334 g/mol. The van der Waals surface area contributed by atoms with Gasteiger partial charge in [0.05, 0.1) is 3.79 Å². The lowest BCUT2D eigenvalue weighted by Gasteiger charge is -2.23. The molecule has 0 bridgehead atoms. The van der Waals surface area contributed by atoms with E-state index in [9.17, 15) is 4.79 Å². The van der Waals surface area contributed by atoms with E-state index in [2.05, 4.69) is 47.2 Å². The van der Waals surface area contributed by atoms with Gasteiger partial charge in [0.2, 0.25) is 0 Å². The van der Waals surface area contributed by atoms with Gasteiger partial charge in [-0.1, -0.05) is 13.8 Å².